The summed E-state index contributed by atoms with van der Waals surface area (Å²) >= 11 is 0. The van der Waals surface area contributed by atoms with Gasteiger partial charge < -0.3 is 25.4 Å². The smallest absolute Gasteiger partial charge is 0.251 e. The molecule has 0 saturated carbocycles. The fourth-order valence-corrected chi connectivity index (χ4v) is 9.24. The van der Waals surface area contributed by atoms with Crippen LogP contribution in [-0.2, 0) is 0 Å². The summed E-state index contributed by atoms with van der Waals surface area (Å²) < 4.78 is 5.25. The Hall–Kier alpha value is -1.79. The van der Waals surface area contributed by atoms with Gasteiger partial charge >= 0.3 is 0 Å². The highest BCUT2D eigenvalue weighted by atomic mass is 16.5. The van der Waals surface area contributed by atoms with Gasteiger partial charge in [0.2, 0.25) is 0 Å². The highest BCUT2D eigenvalue weighted by molar-refractivity contribution is 5.94. The molecule has 3 unspecified atom stereocenters. The summed E-state index contributed by atoms with van der Waals surface area (Å²) in [6.07, 6.45) is 31.9. The Labute approximate surface area is 394 Å². The number of aliphatic hydroxyl groups is 3. The number of unbranched alkanes of at least 4 members (excludes halogenated alkanes) is 21. The molecule has 1 saturated heterocycles. The van der Waals surface area contributed by atoms with Crippen LogP contribution in [0.15, 0.2) is 24.3 Å². The highest BCUT2D eigenvalue weighted by Gasteiger charge is 2.22. The molecular weight excluding hydrogens is 799 g/mol. The van der Waals surface area contributed by atoms with Crippen LogP contribution in [0.1, 0.15) is 204 Å². The number of nitrogens with zero attached hydrogens (tertiary/aromatic N) is 4. The predicted octanol–water partition coefficient (Wildman–Crippen LogP) is 10.3. The number of hydrogen-bond donors (Lipinski definition) is 4. The molecule has 3 atom stereocenters. The van der Waals surface area contributed by atoms with Crippen molar-refractivity contribution in [3.63, 3.8) is 0 Å². The highest BCUT2D eigenvalue weighted by Crippen LogP contribution is 2.16. The van der Waals surface area contributed by atoms with Crippen molar-refractivity contribution in [3.8, 4) is 5.75 Å². The number of carbonyl (C=O) groups excluding carboxylic acids is 1. The van der Waals surface area contributed by atoms with Gasteiger partial charge in [-0.15, -0.1) is 0 Å². The van der Waals surface area contributed by atoms with E-state index < -0.39 is 0 Å². The molecule has 1 fully saturated rings. The van der Waals surface area contributed by atoms with Crippen molar-refractivity contribution in [1.29, 1.82) is 0 Å². The first-order valence-corrected chi connectivity index (χ1v) is 27.1. The average Bonchev–Trinajstić information content (AvgIpc) is 3.30. The average molecular weight is 902 g/mol. The molecule has 1 aliphatic heterocycles. The van der Waals surface area contributed by atoms with Crippen molar-refractivity contribution < 1.29 is 24.9 Å². The van der Waals surface area contributed by atoms with Crippen LogP contribution < -0.4 is 10.1 Å². The monoisotopic (exact) mass is 902 g/mol. The molecule has 1 aromatic rings. The molecule has 374 valence electrons. The molecule has 0 spiro atoms. The van der Waals surface area contributed by atoms with Crippen molar-refractivity contribution in [3.05, 3.63) is 29.8 Å². The van der Waals surface area contributed by atoms with E-state index in [1.807, 2.05) is 12.1 Å². The lowest BCUT2D eigenvalue weighted by molar-refractivity contribution is 0.0479. The molecule has 1 aliphatic rings. The van der Waals surface area contributed by atoms with Gasteiger partial charge in [0, 0.05) is 90.6 Å². The normalized spacial score (nSPS) is 15.3. The van der Waals surface area contributed by atoms with Crippen LogP contribution >= 0.6 is 0 Å². The summed E-state index contributed by atoms with van der Waals surface area (Å²) in [6, 6.07) is 7.21. The van der Waals surface area contributed by atoms with Crippen molar-refractivity contribution in [2.24, 2.45) is 0 Å². The number of piperazine rings is 1. The standard InChI is InChI=1S/C54H103N5O5/c1-5-8-11-14-17-20-23-26-29-50(60)46-58(37-36-55-54(63)49-32-34-53(64-4)35-33-49)44-42-56-38-40-57(41-39-56)43-45-59(47-51(61)30-27-24-21-18-15-12-9-6-2)48-52(62)31-28-25-22-19-16-13-10-7-3/h32-35,50-52,60-62H,5-31,36-48H2,1-4H3,(H,55,63). The van der Waals surface area contributed by atoms with E-state index >= 15 is 0 Å². The van der Waals surface area contributed by atoms with Crippen LogP contribution in [0.25, 0.3) is 0 Å². The van der Waals surface area contributed by atoms with Crippen LogP contribution in [0.4, 0.5) is 0 Å². The zero-order valence-electron chi connectivity index (χ0n) is 42.3. The predicted molar refractivity (Wildman–Crippen MR) is 271 cm³/mol. The second-order valence-electron chi connectivity index (χ2n) is 19.5. The summed E-state index contributed by atoms with van der Waals surface area (Å²) in [5, 5.41) is 36.5. The first-order chi connectivity index (χ1) is 31.3. The van der Waals surface area contributed by atoms with Gasteiger partial charge in [-0.25, -0.2) is 0 Å². The maximum Gasteiger partial charge on any atom is 0.251 e. The van der Waals surface area contributed by atoms with Gasteiger partial charge in [-0.05, 0) is 43.5 Å². The van der Waals surface area contributed by atoms with E-state index in [2.05, 4.69) is 45.7 Å². The summed E-state index contributed by atoms with van der Waals surface area (Å²) in [6.45, 7) is 17.6. The summed E-state index contributed by atoms with van der Waals surface area (Å²) in [5.74, 6) is 0.641. The van der Waals surface area contributed by atoms with E-state index in [1.165, 1.54) is 135 Å². The Morgan fingerprint density at radius 1 is 0.531 bits per heavy atom. The largest absolute Gasteiger partial charge is 0.497 e. The number of ether oxygens (including phenoxy) is 1. The minimum atomic E-state index is -0.366. The Morgan fingerprint density at radius 3 is 1.25 bits per heavy atom. The van der Waals surface area contributed by atoms with Gasteiger partial charge in [0.25, 0.3) is 5.91 Å². The number of benzene rings is 1. The fraction of sp³-hybridized carbons (Fsp3) is 0.870. The molecule has 0 aromatic heterocycles. The second kappa shape index (κ2) is 40.3. The van der Waals surface area contributed by atoms with Gasteiger partial charge in [-0.2, -0.15) is 0 Å². The third-order valence-corrected chi connectivity index (χ3v) is 13.6. The molecule has 1 heterocycles. The minimum Gasteiger partial charge on any atom is -0.497 e. The molecule has 0 bridgehead atoms. The third kappa shape index (κ3) is 31.2. The van der Waals surface area contributed by atoms with Crippen LogP contribution in [0.2, 0.25) is 0 Å². The maximum atomic E-state index is 12.9. The van der Waals surface area contributed by atoms with Crippen molar-refractivity contribution in [2.75, 3.05) is 92.2 Å². The zero-order chi connectivity index (χ0) is 46.3. The molecule has 2 rings (SSSR count). The molecule has 0 radical (unpaired) electrons. The number of hydrogen-bond acceptors (Lipinski definition) is 9. The first kappa shape index (κ1) is 58.3. The number of rotatable bonds is 44. The molecule has 10 heteroatoms. The number of carbonyl (C=O) groups is 1. The fourth-order valence-electron chi connectivity index (χ4n) is 9.24. The topological polar surface area (TPSA) is 112 Å². The summed E-state index contributed by atoms with van der Waals surface area (Å²) in [4.78, 5) is 22.7. The van der Waals surface area contributed by atoms with E-state index in [-0.39, 0.29) is 24.2 Å². The van der Waals surface area contributed by atoms with Crippen molar-refractivity contribution in [1.82, 2.24) is 24.9 Å². The number of nitrogens with one attached hydrogen (secondary N) is 1. The van der Waals surface area contributed by atoms with Gasteiger partial charge in [-0.3, -0.25) is 24.4 Å². The van der Waals surface area contributed by atoms with E-state index in [1.54, 1.807) is 19.2 Å². The molecule has 4 N–H and O–H groups in total. The van der Waals surface area contributed by atoms with Gasteiger partial charge in [0.15, 0.2) is 0 Å². The van der Waals surface area contributed by atoms with Gasteiger partial charge in [-0.1, -0.05) is 175 Å². The Morgan fingerprint density at radius 2 is 0.875 bits per heavy atom. The first-order valence-electron chi connectivity index (χ1n) is 27.1. The van der Waals surface area contributed by atoms with Crippen LogP contribution in [0, 0.1) is 0 Å². The minimum absolute atomic E-state index is 0.0900. The molecule has 1 amide bonds. The summed E-state index contributed by atoms with van der Waals surface area (Å²) in [7, 11) is 1.63. The Balaban J connectivity index is 1.85. The Kier molecular flexibility index (Phi) is 36.7. The lowest BCUT2D eigenvalue weighted by Crippen LogP contribution is -2.51. The molecular formula is C54H103N5O5. The second-order valence-corrected chi connectivity index (χ2v) is 19.5. The van der Waals surface area contributed by atoms with E-state index in [0.29, 0.717) is 38.3 Å². The maximum absolute atomic E-state index is 12.9. The van der Waals surface area contributed by atoms with E-state index in [9.17, 15) is 20.1 Å². The number of methoxy groups -OCH3 is 1. The van der Waals surface area contributed by atoms with E-state index in [4.69, 9.17) is 4.74 Å². The molecule has 0 aliphatic carbocycles. The molecule has 64 heavy (non-hydrogen) atoms. The van der Waals surface area contributed by atoms with Crippen LogP contribution in [-0.4, -0.2) is 151 Å². The SMILES string of the molecule is CCCCCCCCCCC(O)CN(CCNC(=O)c1ccc(OC)cc1)CCN1CCN(CCN(CC(O)CCCCCCCCCC)CC(O)CCCCCCCCCC)CC1. The van der Waals surface area contributed by atoms with Gasteiger partial charge in [0.05, 0.1) is 25.4 Å². The lowest BCUT2D eigenvalue weighted by Gasteiger charge is -2.37. The molecule has 10 nitrogen and oxygen atoms in total. The van der Waals surface area contributed by atoms with Crippen molar-refractivity contribution in [2.45, 2.75) is 212 Å². The lowest BCUT2D eigenvalue weighted by atomic mass is 10.0. The zero-order valence-corrected chi connectivity index (χ0v) is 42.3. The van der Waals surface area contributed by atoms with E-state index in [0.717, 1.165) is 96.6 Å². The Bertz CT molecular complexity index is 1160. The number of amides is 1. The van der Waals surface area contributed by atoms with Crippen LogP contribution in [0.3, 0.4) is 0 Å². The van der Waals surface area contributed by atoms with Crippen LogP contribution in [0.5, 0.6) is 5.75 Å². The van der Waals surface area contributed by atoms with Crippen molar-refractivity contribution >= 4 is 5.91 Å². The quantitative estimate of drug-likeness (QED) is 0.0476. The molecule has 1 aromatic carbocycles. The third-order valence-electron chi connectivity index (χ3n) is 13.6. The summed E-state index contributed by atoms with van der Waals surface area (Å²) in [5.41, 5.74) is 0.619. The van der Waals surface area contributed by atoms with Gasteiger partial charge in [0.1, 0.15) is 5.75 Å². The number of aliphatic hydroxyl groups excluding tert-OH is 3.